The number of carbonyl (C=O) groups excluding carboxylic acids is 2. The van der Waals surface area contributed by atoms with E-state index >= 15 is 0 Å². The van der Waals surface area contributed by atoms with Gasteiger partial charge in [-0.2, -0.15) is 0 Å². The van der Waals surface area contributed by atoms with Gasteiger partial charge in [-0.25, -0.2) is 8.42 Å². The number of aryl methyl sites for hydroxylation is 1. The van der Waals surface area contributed by atoms with E-state index in [0.29, 0.717) is 17.0 Å². The molecule has 0 bridgehead atoms. The van der Waals surface area contributed by atoms with Gasteiger partial charge >= 0.3 is 0 Å². The zero-order chi connectivity index (χ0) is 30.4. The fourth-order valence-corrected chi connectivity index (χ4v) is 7.00. The molecule has 0 spiro atoms. The molecule has 1 N–H and O–H groups in total. The molecule has 3 aromatic rings. The monoisotopic (exact) mass is 649 g/mol. The molecule has 0 saturated heterocycles. The van der Waals surface area contributed by atoms with Crippen LogP contribution in [0.4, 0.5) is 5.69 Å². The van der Waals surface area contributed by atoms with Crippen LogP contribution >= 0.6 is 34.8 Å². The van der Waals surface area contributed by atoms with Crippen LogP contribution in [0.1, 0.15) is 50.2 Å². The Hall–Kier alpha value is -2.78. The van der Waals surface area contributed by atoms with E-state index < -0.39 is 28.5 Å². The van der Waals surface area contributed by atoms with Crippen LogP contribution in [0.3, 0.4) is 0 Å². The van der Waals surface area contributed by atoms with Crippen LogP contribution in [0, 0.1) is 6.92 Å². The van der Waals surface area contributed by atoms with Crippen molar-refractivity contribution in [2.45, 2.75) is 69.5 Å². The number of nitrogens with zero attached hydrogens (tertiary/aromatic N) is 2. The van der Waals surface area contributed by atoms with Gasteiger partial charge in [0.15, 0.2) is 0 Å². The van der Waals surface area contributed by atoms with Crippen molar-refractivity contribution < 1.29 is 18.0 Å². The number of halogens is 3. The first-order valence-corrected chi connectivity index (χ1v) is 16.5. The Morgan fingerprint density at radius 3 is 2.21 bits per heavy atom. The first-order chi connectivity index (χ1) is 20.0. The number of hydrogen-bond donors (Lipinski definition) is 1. The third-order valence-corrected chi connectivity index (χ3v) is 10.4. The van der Waals surface area contributed by atoms with Crippen molar-refractivity contribution in [1.82, 2.24) is 10.2 Å². The van der Waals surface area contributed by atoms with Gasteiger partial charge in [0.25, 0.3) is 10.0 Å². The maximum absolute atomic E-state index is 14.2. The summed E-state index contributed by atoms with van der Waals surface area (Å²) in [6, 6.07) is 17.0. The molecular formula is C31H34Cl3N3O4S. The number of sulfonamides is 1. The molecule has 3 aromatic carbocycles. The molecule has 4 rings (SSSR count). The third kappa shape index (κ3) is 7.59. The number of hydrogen-bond acceptors (Lipinski definition) is 4. The highest BCUT2D eigenvalue weighted by Crippen LogP contribution is 2.31. The molecule has 0 heterocycles. The lowest BCUT2D eigenvalue weighted by atomic mass is 10.1. The summed E-state index contributed by atoms with van der Waals surface area (Å²) in [6.45, 7) is 3.12. The second-order valence-corrected chi connectivity index (χ2v) is 13.5. The molecule has 1 saturated carbocycles. The van der Waals surface area contributed by atoms with E-state index in [1.54, 1.807) is 36.4 Å². The van der Waals surface area contributed by atoms with Crippen LogP contribution in [0.25, 0.3) is 0 Å². The largest absolute Gasteiger partial charge is 0.352 e. The van der Waals surface area contributed by atoms with Crippen LogP contribution in [-0.4, -0.2) is 43.8 Å². The Bertz CT molecular complexity index is 1530. The van der Waals surface area contributed by atoms with E-state index in [1.807, 2.05) is 13.8 Å². The molecular weight excluding hydrogens is 617 g/mol. The zero-order valence-electron chi connectivity index (χ0n) is 23.5. The number of anilines is 1. The molecule has 11 heteroatoms. The van der Waals surface area contributed by atoms with Gasteiger partial charge in [-0.15, -0.1) is 0 Å². The van der Waals surface area contributed by atoms with E-state index in [-0.39, 0.29) is 39.1 Å². The van der Waals surface area contributed by atoms with Crippen LogP contribution in [-0.2, 0) is 26.2 Å². The Balaban J connectivity index is 1.74. The van der Waals surface area contributed by atoms with Crippen molar-refractivity contribution in [3.05, 3.63) is 92.9 Å². The minimum absolute atomic E-state index is 0.00986. The predicted molar refractivity (Wildman–Crippen MR) is 169 cm³/mol. The molecule has 7 nitrogen and oxygen atoms in total. The van der Waals surface area contributed by atoms with Gasteiger partial charge in [0.1, 0.15) is 12.6 Å². The minimum Gasteiger partial charge on any atom is -0.352 e. The quantitative estimate of drug-likeness (QED) is 0.242. The van der Waals surface area contributed by atoms with Gasteiger partial charge < -0.3 is 10.2 Å². The topological polar surface area (TPSA) is 86.8 Å². The summed E-state index contributed by atoms with van der Waals surface area (Å²) < 4.78 is 29.0. The van der Waals surface area contributed by atoms with Crippen molar-refractivity contribution in [3.8, 4) is 0 Å². The molecule has 1 aliphatic rings. The van der Waals surface area contributed by atoms with E-state index in [4.69, 9.17) is 34.8 Å². The number of amides is 2. The van der Waals surface area contributed by atoms with Crippen molar-refractivity contribution >= 4 is 62.3 Å². The van der Waals surface area contributed by atoms with Crippen molar-refractivity contribution in [3.63, 3.8) is 0 Å². The maximum Gasteiger partial charge on any atom is 0.264 e. The second-order valence-electron chi connectivity index (χ2n) is 10.5. The molecule has 0 unspecified atom stereocenters. The summed E-state index contributed by atoms with van der Waals surface area (Å²) in [4.78, 5) is 29.2. The molecule has 1 fully saturated rings. The van der Waals surface area contributed by atoms with E-state index in [2.05, 4.69) is 5.32 Å². The van der Waals surface area contributed by atoms with Crippen LogP contribution in [0.2, 0.25) is 15.1 Å². The molecule has 1 aliphatic carbocycles. The lowest BCUT2D eigenvalue weighted by molar-refractivity contribution is -0.140. The number of nitrogens with one attached hydrogen (secondary N) is 1. The Kier molecular flexibility index (Phi) is 10.8. The number of rotatable bonds is 11. The normalized spacial score (nSPS) is 14.4. The summed E-state index contributed by atoms with van der Waals surface area (Å²) in [5.41, 5.74) is 1.69. The van der Waals surface area contributed by atoms with Gasteiger partial charge in [-0.1, -0.05) is 90.5 Å². The third-order valence-electron chi connectivity index (χ3n) is 7.47. The Morgan fingerprint density at radius 1 is 0.929 bits per heavy atom. The van der Waals surface area contributed by atoms with Gasteiger partial charge in [0.05, 0.1) is 20.6 Å². The van der Waals surface area contributed by atoms with Gasteiger partial charge in [-0.05, 0) is 68.1 Å². The smallest absolute Gasteiger partial charge is 0.264 e. The van der Waals surface area contributed by atoms with Crippen LogP contribution < -0.4 is 9.62 Å². The molecule has 42 heavy (non-hydrogen) atoms. The lowest BCUT2D eigenvalue weighted by Crippen LogP contribution is -2.53. The van der Waals surface area contributed by atoms with Crippen molar-refractivity contribution in [1.29, 1.82) is 0 Å². The van der Waals surface area contributed by atoms with E-state index in [0.717, 1.165) is 35.6 Å². The highest BCUT2D eigenvalue weighted by molar-refractivity contribution is 7.92. The molecule has 0 aliphatic heterocycles. The number of benzene rings is 3. The summed E-state index contributed by atoms with van der Waals surface area (Å²) in [7, 11) is -4.22. The van der Waals surface area contributed by atoms with Crippen molar-refractivity contribution in [2.75, 3.05) is 10.8 Å². The molecule has 1 atom stereocenters. The highest BCUT2D eigenvalue weighted by Gasteiger charge is 2.35. The second kappa shape index (κ2) is 14.1. The lowest BCUT2D eigenvalue weighted by Gasteiger charge is -2.34. The molecule has 2 amide bonds. The molecule has 0 aromatic heterocycles. The first-order valence-electron chi connectivity index (χ1n) is 13.9. The van der Waals surface area contributed by atoms with E-state index in [1.165, 1.54) is 35.2 Å². The van der Waals surface area contributed by atoms with Gasteiger partial charge in [0.2, 0.25) is 11.8 Å². The maximum atomic E-state index is 14.2. The predicted octanol–water partition coefficient (Wildman–Crippen LogP) is 7.02. The van der Waals surface area contributed by atoms with Crippen LogP contribution in [0.5, 0.6) is 0 Å². The van der Waals surface area contributed by atoms with Gasteiger partial charge in [0, 0.05) is 17.6 Å². The summed E-state index contributed by atoms with van der Waals surface area (Å²) in [6.07, 6.45) is 4.19. The molecule has 224 valence electrons. The average molecular weight is 651 g/mol. The number of carbonyl (C=O) groups is 2. The summed E-state index contributed by atoms with van der Waals surface area (Å²) in [5.74, 6) is -0.836. The summed E-state index contributed by atoms with van der Waals surface area (Å²) in [5, 5.41) is 3.92. The highest BCUT2D eigenvalue weighted by atomic mass is 35.5. The van der Waals surface area contributed by atoms with Crippen molar-refractivity contribution in [2.24, 2.45) is 0 Å². The summed E-state index contributed by atoms with van der Waals surface area (Å²) >= 11 is 18.9. The standard InChI is InChI=1S/C31H34Cl3N3O4S/c1-3-29(31(39)35-23-9-5-6-10-23)36(19-22-8-4-7-11-26(22)32)30(38)20-37(24-14-17-27(33)28(34)18-24)42(40,41)25-15-12-21(2)13-16-25/h4,7-8,11-18,23,29H,3,5-6,9-10,19-20H2,1-2H3,(H,35,39)/t29-/m0/s1. The fraction of sp³-hybridized carbons (Fsp3) is 0.355. The average Bonchev–Trinajstić information content (AvgIpc) is 3.47. The molecule has 0 radical (unpaired) electrons. The first kappa shape index (κ1) is 32.1. The Labute approximate surface area is 262 Å². The van der Waals surface area contributed by atoms with Crippen LogP contribution in [0.15, 0.2) is 71.6 Å². The SMILES string of the molecule is CC[C@@H](C(=O)NC1CCCC1)N(Cc1ccccc1Cl)C(=O)CN(c1ccc(Cl)c(Cl)c1)S(=O)(=O)c1ccc(C)cc1. The van der Waals surface area contributed by atoms with E-state index in [9.17, 15) is 18.0 Å². The van der Waals surface area contributed by atoms with Gasteiger partial charge in [-0.3, -0.25) is 13.9 Å². The zero-order valence-corrected chi connectivity index (χ0v) is 26.6. The fourth-order valence-electron chi connectivity index (χ4n) is 5.10. The Morgan fingerprint density at radius 2 is 1.60 bits per heavy atom. The minimum atomic E-state index is -4.22.